The molecule has 0 aromatic carbocycles. The van der Waals surface area contributed by atoms with Gasteiger partial charge in [0.25, 0.3) is 0 Å². The van der Waals surface area contributed by atoms with E-state index in [1.807, 2.05) is 0 Å². The van der Waals surface area contributed by atoms with Gasteiger partial charge in [-0.25, -0.2) is 0 Å². The number of alkyl halides is 3. The molecule has 0 aliphatic carbocycles. The molecule has 1 aromatic heterocycles. The molecule has 6 heteroatoms. The summed E-state index contributed by atoms with van der Waals surface area (Å²) in [6, 6.07) is 2.13. The first-order chi connectivity index (χ1) is 7.82. The zero-order valence-corrected chi connectivity index (χ0v) is 9.32. The Bertz CT molecular complexity index is 439. The number of carbonyl (C=O) groups is 1. The molecule has 3 nitrogen and oxygen atoms in total. The smallest absolute Gasteiger partial charge is 0.345 e. The molecule has 0 saturated carbocycles. The van der Waals surface area contributed by atoms with E-state index in [2.05, 4.69) is 4.98 Å². The minimum atomic E-state index is -4.48. The Morgan fingerprint density at radius 1 is 1.41 bits per heavy atom. The standard InChI is InChI=1S/C11H11F3N2O/c1-16(2)10(17)6-5-9-8(11(12,13)14)4-3-7-15-9/h3-7H,1-2H3. The number of hydrogen-bond acceptors (Lipinski definition) is 2. The van der Waals surface area contributed by atoms with Crippen molar-refractivity contribution in [2.24, 2.45) is 0 Å². The van der Waals surface area contributed by atoms with Gasteiger partial charge < -0.3 is 4.90 Å². The molecule has 0 atom stereocenters. The third-order valence-electron chi connectivity index (χ3n) is 1.97. The van der Waals surface area contributed by atoms with E-state index in [1.54, 1.807) is 0 Å². The average Bonchev–Trinajstić information content (AvgIpc) is 2.24. The van der Waals surface area contributed by atoms with Crippen LogP contribution >= 0.6 is 0 Å². The van der Waals surface area contributed by atoms with Crippen molar-refractivity contribution in [2.75, 3.05) is 14.1 Å². The van der Waals surface area contributed by atoms with Gasteiger partial charge in [0.1, 0.15) is 0 Å². The molecule has 1 amide bonds. The van der Waals surface area contributed by atoms with Gasteiger partial charge in [0, 0.05) is 26.4 Å². The molecule has 0 unspecified atom stereocenters. The Morgan fingerprint density at radius 3 is 2.59 bits per heavy atom. The van der Waals surface area contributed by atoms with Crippen LogP contribution in [0.3, 0.4) is 0 Å². The Kier molecular flexibility index (Phi) is 3.88. The third kappa shape index (κ3) is 3.58. The maximum absolute atomic E-state index is 12.6. The molecule has 1 heterocycles. The summed E-state index contributed by atoms with van der Waals surface area (Å²) in [7, 11) is 3.02. The molecule has 92 valence electrons. The maximum Gasteiger partial charge on any atom is 0.418 e. The molecule has 0 saturated heterocycles. The van der Waals surface area contributed by atoms with Gasteiger partial charge in [-0.2, -0.15) is 13.2 Å². The first-order valence-corrected chi connectivity index (χ1v) is 4.74. The molecule has 1 rings (SSSR count). The SMILES string of the molecule is CN(C)C(=O)C=Cc1ncccc1C(F)(F)F. The molecule has 0 bridgehead atoms. The van der Waals surface area contributed by atoms with Crippen molar-refractivity contribution >= 4 is 12.0 Å². The molecule has 0 aliphatic heterocycles. The summed E-state index contributed by atoms with van der Waals surface area (Å²) in [5.74, 6) is -0.399. The highest BCUT2D eigenvalue weighted by Crippen LogP contribution is 2.31. The first-order valence-electron chi connectivity index (χ1n) is 4.74. The average molecular weight is 244 g/mol. The van der Waals surface area contributed by atoms with Crippen LogP contribution in [0.25, 0.3) is 6.08 Å². The van der Waals surface area contributed by atoms with Crippen molar-refractivity contribution in [1.29, 1.82) is 0 Å². The van der Waals surface area contributed by atoms with Crippen molar-refractivity contribution in [3.8, 4) is 0 Å². The second-order valence-electron chi connectivity index (χ2n) is 3.50. The summed E-state index contributed by atoms with van der Waals surface area (Å²) in [5.41, 5.74) is -1.13. The zero-order chi connectivity index (χ0) is 13.1. The Balaban J connectivity index is 3.04. The van der Waals surface area contributed by atoms with Crippen LogP contribution in [-0.2, 0) is 11.0 Å². The van der Waals surface area contributed by atoms with Crippen molar-refractivity contribution < 1.29 is 18.0 Å². The summed E-state index contributed by atoms with van der Waals surface area (Å²) in [4.78, 5) is 16.1. The van der Waals surface area contributed by atoms with Crippen LogP contribution in [0.2, 0.25) is 0 Å². The van der Waals surface area contributed by atoms with E-state index >= 15 is 0 Å². The highest BCUT2D eigenvalue weighted by molar-refractivity contribution is 5.91. The fourth-order valence-corrected chi connectivity index (χ4v) is 1.09. The summed E-state index contributed by atoms with van der Waals surface area (Å²) < 4.78 is 37.7. The van der Waals surface area contributed by atoms with E-state index in [4.69, 9.17) is 0 Å². The third-order valence-corrected chi connectivity index (χ3v) is 1.97. The molecule has 0 fully saturated rings. The summed E-state index contributed by atoms with van der Waals surface area (Å²) in [6.07, 6.45) is -1.12. The number of amides is 1. The van der Waals surface area contributed by atoms with E-state index in [-0.39, 0.29) is 5.69 Å². The van der Waals surface area contributed by atoms with E-state index in [0.717, 1.165) is 18.2 Å². The van der Waals surface area contributed by atoms with Crippen molar-refractivity contribution in [3.05, 3.63) is 35.7 Å². The first kappa shape index (κ1) is 13.2. The Hall–Kier alpha value is -1.85. The van der Waals surface area contributed by atoms with E-state index in [9.17, 15) is 18.0 Å². The van der Waals surface area contributed by atoms with Gasteiger partial charge in [-0.1, -0.05) is 0 Å². The number of aromatic nitrogens is 1. The van der Waals surface area contributed by atoms with Crippen molar-refractivity contribution in [2.45, 2.75) is 6.18 Å². The van der Waals surface area contributed by atoms with Crippen LogP contribution in [0.5, 0.6) is 0 Å². The molecule has 17 heavy (non-hydrogen) atoms. The summed E-state index contributed by atoms with van der Waals surface area (Å²) >= 11 is 0. The van der Waals surface area contributed by atoms with Gasteiger partial charge in [0.15, 0.2) is 0 Å². The van der Waals surface area contributed by atoms with Gasteiger partial charge in [-0.15, -0.1) is 0 Å². The lowest BCUT2D eigenvalue weighted by molar-refractivity contribution is -0.138. The number of likely N-dealkylation sites (N-methyl/N-ethyl adjacent to an activating group) is 1. The van der Waals surface area contributed by atoms with Gasteiger partial charge >= 0.3 is 6.18 Å². The maximum atomic E-state index is 12.6. The molecule has 0 aliphatic rings. The minimum Gasteiger partial charge on any atom is -0.345 e. The number of rotatable bonds is 2. The Morgan fingerprint density at radius 2 is 2.06 bits per heavy atom. The fourth-order valence-electron chi connectivity index (χ4n) is 1.09. The number of carbonyl (C=O) groups excluding carboxylic acids is 1. The predicted molar refractivity (Wildman–Crippen MR) is 57.0 cm³/mol. The summed E-state index contributed by atoms with van der Waals surface area (Å²) in [5, 5.41) is 0. The number of pyridine rings is 1. The second-order valence-corrected chi connectivity index (χ2v) is 3.50. The van der Waals surface area contributed by atoms with Crippen molar-refractivity contribution in [1.82, 2.24) is 9.88 Å². The number of nitrogens with zero attached hydrogens (tertiary/aromatic N) is 2. The van der Waals surface area contributed by atoms with Gasteiger partial charge in [-0.3, -0.25) is 9.78 Å². The lowest BCUT2D eigenvalue weighted by atomic mass is 10.1. The van der Waals surface area contributed by atoms with E-state index < -0.39 is 17.6 Å². The highest BCUT2D eigenvalue weighted by atomic mass is 19.4. The van der Waals surface area contributed by atoms with Gasteiger partial charge in [0.05, 0.1) is 11.3 Å². The zero-order valence-electron chi connectivity index (χ0n) is 9.32. The number of hydrogen-bond donors (Lipinski definition) is 0. The van der Waals surface area contributed by atoms with Gasteiger partial charge in [0.2, 0.25) is 5.91 Å². The monoisotopic (exact) mass is 244 g/mol. The van der Waals surface area contributed by atoms with Gasteiger partial charge in [-0.05, 0) is 18.2 Å². The van der Waals surface area contributed by atoms with Crippen LogP contribution in [0.4, 0.5) is 13.2 Å². The van der Waals surface area contributed by atoms with Crippen molar-refractivity contribution in [3.63, 3.8) is 0 Å². The predicted octanol–water partition coefficient (Wildman–Crippen LogP) is 2.20. The molecule has 1 aromatic rings. The minimum absolute atomic E-state index is 0.268. The largest absolute Gasteiger partial charge is 0.418 e. The lowest BCUT2D eigenvalue weighted by Gasteiger charge is -2.09. The summed E-state index contributed by atoms with van der Waals surface area (Å²) in [6.45, 7) is 0. The van der Waals surface area contributed by atoms with E-state index in [1.165, 1.54) is 31.3 Å². The highest BCUT2D eigenvalue weighted by Gasteiger charge is 2.33. The van der Waals surface area contributed by atoms with Crippen LogP contribution in [0.15, 0.2) is 24.4 Å². The molecule has 0 spiro atoms. The molecule has 0 N–H and O–H groups in total. The quantitative estimate of drug-likeness (QED) is 0.747. The second kappa shape index (κ2) is 4.99. The van der Waals surface area contributed by atoms with Crippen LogP contribution in [-0.4, -0.2) is 29.9 Å². The number of halogens is 3. The lowest BCUT2D eigenvalue weighted by Crippen LogP contribution is -2.18. The molecular weight excluding hydrogens is 233 g/mol. The fraction of sp³-hybridized carbons (Fsp3) is 0.273. The topological polar surface area (TPSA) is 33.2 Å². The van der Waals surface area contributed by atoms with Crippen LogP contribution < -0.4 is 0 Å². The Labute approximate surface area is 96.6 Å². The molecular formula is C11H11F3N2O. The molecule has 0 radical (unpaired) electrons. The van der Waals surface area contributed by atoms with Crippen LogP contribution in [0.1, 0.15) is 11.3 Å². The van der Waals surface area contributed by atoms with Crippen LogP contribution in [0, 0.1) is 0 Å². The normalized spacial score (nSPS) is 11.8. The van der Waals surface area contributed by atoms with E-state index in [0.29, 0.717) is 0 Å².